The van der Waals surface area contributed by atoms with Crippen molar-refractivity contribution in [3.8, 4) is 11.5 Å². The molecular weight excluding hydrogens is 486 g/mol. The van der Waals surface area contributed by atoms with Gasteiger partial charge in [-0.1, -0.05) is 0 Å². The van der Waals surface area contributed by atoms with Crippen LogP contribution in [0.1, 0.15) is 24.1 Å². The van der Waals surface area contributed by atoms with Crippen LogP contribution in [0.3, 0.4) is 0 Å². The number of methoxy groups -OCH3 is 1. The van der Waals surface area contributed by atoms with Gasteiger partial charge in [-0.3, -0.25) is 4.98 Å². The van der Waals surface area contributed by atoms with E-state index >= 15 is 0 Å². The van der Waals surface area contributed by atoms with Crippen molar-refractivity contribution >= 4 is 51.3 Å². The number of thiocarbonyl (C=S) groups is 1. The second kappa shape index (κ2) is 9.71. The molecule has 2 aromatic rings. The van der Waals surface area contributed by atoms with Gasteiger partial charge in [0.15, 0.2) is 16.6 Å². The lowest BCUT2D eigenvalue weighted by molar-refractivity contribution is -0.133. The number of benzene rings is 1. The van der Waals surface area contributed by atoms with Gasteiger partial charge in [-0.2, -0.15) is 0 Å². The lowest BCUT2D eigenvalue weighted by Gasteiger charge is -2.29. The van der Waals surface area contributed by atoms with Gasteiger partial charge in [0.25, 0.3) is 0 Å². The monoisotopic (exact) mass is 503 g/mol. The van der Waals surface area contributed by atoms with Crippen LogP contribution in [0, 0.1) is 0 Å². The van der Waals surface area contributed by atoms with Gasteiger partial charge in [0.2, 0.25) is 0 Å². The third-order valence-corrected chi connectivity index (χ3v) is 5.21. The first kappa shape index (κ1) is 22.4. The van der Waals surface area contributed by atoms with Crippen LogP contribution in [0.2, 0.25) is 0 Å². The highest BCUT2D eigenvalue weighted by Crippen LogP contribution is 2.40. The highest BCUT2D eigenvalue weighted by Gasteiger charge is 2.31. The Kier molecular flexibility index (Phi) is 7.03. The number of rotatable bonds is 6. The minimum atomic E-state index is -1.09. The molecule has 3 rings (SSSR count). The second-order valence-electron chi connectivity index (χ2n) is 6.44. The Labute approximate surface area is 192 Å². The number of halogens is 1. The molecule has 0 radical (unpaired) electrons. The van der Waals surface area contributed by atoms with Crippen molar-refractivity contribution < 1.29 is 24.2 Å². The maximum Gasteiger partial charge on any atom is 0.336 e. The van der Waals surface area contributed by atoms with Crippen molar-refractivity contribution in [2.45, 2.75) is 13.0 Å². The van der Waals surface area contributed by atoms with E-state index in [2.05, 4.69) is 31.5 Å². The van der Waals surface area contributed by atoms with E-state index < -0.39 is 18.0 Å². The summed E-state index contributed by atoms with van der Waals surface area (Å²) in [6.45, 7) is 1.64. The number of carbonyl (C=O) groups is 2. The number of hydrogen-bond acceptors (Lipinski definition) is 6. The highest BCUT2D eigenvalue weighted by atomic mass is 79.9. The van der Waals surface area contributed by atoms with Crippen molar-refractivity contribution in [3.05, 3.63) is 69.6 Å². The van der Waals surface area contributed by atoms with Gasteiger partial charge < -0.3 is 25.2 Å². The Balaban J connectivity index is 1.90. The summed E-state index contributed by atoms with van der Waals surface area (Å²) in [5.41, 5.74) is 1.92. The van der Waals surface area contributed by atoms with Gasteiger partial charge in [0.1, 0.15) is 0 Å². The Morgan fingerprint density at radius 2 is 2.00 bits per heavy atom. The maximum atomic E-state index is 12.3. The average molecular weight is 504 g/mol. The van der Waals surface area contributed by atoms with Gasteiger partial charge in [-0.25, -0.2) is 9.59 Å². The van der Waals surface area contributed by atoms with Crippen LogP contribution in [0.25, 0.3) is 6.08 Å². The Bertz CT molecular complexity index is 1100. The smallest absolute Gasteiger partial charge is 0.336 e. The zero-order valence-corrected chi connectivity index (χ0v) is 18.9. The van der Waals surface area contributed by atoms with Crippen LogP contribution >= 0.6 is 28.1 Å². The molecule has 8 nitrogen and oxygen atoms in total. The van der Waals surface area contributed by atoms with Crippen LogP contribution < -0.4 is 20.1 Å². The van der Waals surface area contributed by atoms with E-state index in [1.807, 2.05) is 0 Å². The van der Waals surface area contributed by atoms with Crippen LogP contribution in [0.15, 0.2) is 58.5 Å². The van der Waals surface area contributed by atoms with E-state index in [0.29, 0.717) is 20.8 Å². The lowest BCUT2D eigenvalue weighted by atomic mass is 9.95. The Morgan fingerprint density at radius 3 is 2.65 bits per heavy atom. The summed E-state index contributed by atoms with van der Waals surface area (Å²) in [6.07, 6.45) is 6.12. The molecule has 0 spiro atoms. The van der Waals surface area contributed by atoms with Crippen molar-refractivity contribution in [3.63, 3.8) is 0 Å². The first-order chi connectivity index (χ1) is 14.8. The predicted octanol–water partition coefficient (Wildman–Crippen LogP) is 3.35. The first-order valence-electron chi connectivity index (χ1n) is 8.99. The van der Waals surface area contributed by atoms with E-state index in [4.69, 9.17) is 21.7 Å². The largest absolute Gasteiger partial charge is 0.493 e. The quantitative estimate of drug-likeness (QED) is 0.236. The van der Waals surface area contributed by atoms with Crippen LogP contribution in [-0.2, 0) is 9.59 Å². The molecule has 1 aromatic carbocycles. The normalized spacial score (nSPS) is 16.0. The molecule has 1 aliphatic rings. The molecule has 1 unspecified atom stereocenters. The molecule has 0 aliphatic carbocycles. The van der Waals surface area contributed by atoms with Crippen molar-refractivity contribution in [2.75, 3.05) is 7.11 Å². The summed E-state index contributed by atoms with van der Waals surface area (Å²) in [4.78, 5) is 28.0. The van der Waals surface area contributed by atoms with Crippen molar-refractivity contribution in [1.29, 1.82) is 0 Å². The maximum absolute atomic E-state index is 12.3. The fourth-order valence-corrected chi connectivity index (χ4v) is 3.82. The fourth-order valence-electron chi connectivity index (χ4n) is 3.01. The third-order valence-electron chi connectivity index (χ3n) is 4.41. The molecule has 3 N–H and O–H groups in total. The molecule has 0 saturated heterocycles. The van der Waals surface area contributed by atoms with Crippen LogP contribution in [-0.4, -0.2) is 34.3 Å². The number of carboxylic acids is 1. The number of carboxylic acid groups (broad SMARTS) is 1. The van der Waals surface area contributed by atoms with E-state index in [0.717, 1.165) is 5.56 Å². The molecule has 10 heteroatoms. The zero-order valence-electron chi connectivity index (χ0n) is 16.5. The summed E-state index contributed by atoms with van der Waals surface area (Å²) in [5, 5.41) is 15.7. The Hall–Kier alpha value is -3.24. The van der Waals surface area contributed by atoms with Crippen molar-refractivity contribution in [2.24, 2.45) is 0 Å². The standard InChI is InChI=1S/C21H18BrN3O5S/c1-11-17(20(27)28)18(25-21(31)24-11)13-9-14(22)19(15(10-13)29-2)30-16(26)4-3-12-5-7-23-8-6-12/h3-10,18H,1-2H3,(H,27,28)(H2,24,25,31). The summed E-state index contributed by atoms with van der Waals surface area (Å²) in [6, 6.07) is 6.04. The fraction of sp³-hybridized carbons (Fsp3) is 0.143. The zero-order chi connectivity index (χ0) is 22.5. The SMILES string of the molecule is COc1cc(C2NC(=S)NC(C)=C2C(=O)O)cc(Br)c1OC(=O)C=Cc1ccncc1. The topological polar surface area (TPSA) is 110 Å². The number of hydrogen-bond donors (Lipinski definition) is 3. The van der Waals surface area contributed by atoms with Gasteiger partial charge in [0.05, 0.1) is 23.2 Å². The molecule has 31 heavy (non-hydrogen) atoms. The number of nitrogens with one attached hydrogen (secondary N) is 2. The molecular formula is C21H18BrN3O5S. The molecule has 0 saturated carbocycles. The molecule has 1 aliphatic heterocycles. The van der Waals surface area contributed by atoms with Crippen LogP contribution in [0.4, 0.5) is 0 Å². The first-order valence-corrected chi connectivity index (χ1v) is 10.2. The molecule has 160 valence electrons. The number of carbonyl (C=O) groups excluding carboxylic acids is 1. The number of ether oxygens (including phenoxy) is 2. The van der Waals surface area contributed by atoms with Gasteiger partial charge in [-0.05, 0) is 76.5 Å². The predicted molar refractivity (Wildman–Crippen MR) is 122 cm³/mol. The number of esters is 1. The van der Waals surface area contributed by atoms with Gasteiger partial charge >= 0.3 is 11.9 Å². The van der Waals surface area contributed by atoms with Crippen molar-refractivity contribution in [1.82, 2.24) is 15.6 Å². The Morgan fingerprint density at radius 1 is 1.29 bits per heavy atom. The summed E-state index contributed by atoms with van der Waals surface area (Å²) in [7, 11) is 1.43. The average Bonchev–Trinajstić information content (AvgIpc) is 2.73. The lowest BCUT2D eigenvalue weighted by Crippen LogP contribution is -2.44. The second-order valence-corrected chi connectivity index (χ2v) is 7.71. The van der Waals surface area contributed by atoms with Gasteiger partial charge in [-0.15, -0.1) is 0 Å². The molecule has 2 heterocycles. The highest BCUT2D eigenvalue weighted by molar-refractivity contribution is 9.10. The number of nitrogens with zero attached hydrogens (tertiary/aromatic N) is 1. The summed E-state index contributed by atoms with van der Waals surface area (Å²) < 4.78 is 11.3. The minimum absolute atomic E-state index is 0.118. The molecule has 0 amide bonds. The van der Waals surface area contributed by atoms with Crippen LogP contribution in [0.5, 0.6) is 11.5 Å². The number of allylic oxidation sites excluding steroid dienone is 1. The van der Waals surface area contributed by atoms with E-state index in [1.54, 1.807) is 49.7 Å². The number of aliphatic carboxylic acids is 1. The number of pyridine rings is 1. The van der Waals surface area contributed by atoms with E-state index in [9.17, 15) is 14.7 Å². The van der Waals surface area contributed by atoms with E-state index in [1.165, 1.54) is 13.2 Å². The molecule has 0 bridgehead atoms. The summed E-state index contributed by atoms with van der Waals surface area (Å²) in [5.74, 6) is -1.27. The number of aromatic nitrogens is 1. The summed E-state index contributed by atoms with van der Waals surface area (Å²) >= 11 is 8.56. The third kappa shape index (κ3) is 5.28. The van der Waals surface area contributed by atoms with Gasteiger partial charge in [0, 0.05) is 24.2 Å². The minimum Gasteiger partial charge on any atom is -0.493 e. The molecule has 1 aromatic heterocycles. The molecule has 0 fully saturated rings. The molecule has 1 atom stereocenters. The van der Waals surface area contributed by atoms with E-state index in [-0.39, 0.29) is 17.1 Å².